The van der Waals surface area contributed by atoms with Gasteiger partial charge in [0.2, 0.25) is 0 Å². The largest absolute Gasteiger partial charge is 0.463 e. The minimum absolute atomic E-state index is 0.0902. The average molecular weight is 200 g/mol. The molecule has 0 radical (unpaired) electrons. The van der Waals surface area contributed by atoms with Crippen molar-refractivity contribution >= 4 is 5.97 Å². The quantitative estimate of drug-likeness (QED) is 0.508. The van der Waals surface area contributed by atoms with Crippen molar-refractivity contribution in [2.45, 2.75) is 32.7 Å². The van der Waals surface area contributed by atoms with E-state index in [-0.39, 0.29) is 18.4 Å². The summed E-state index contributed by atoms with van der Waals surface area (Å²) >= 11 is 0. The molecule has 4 nitrogen and oxygen atoms in total. The molecule has 1 rings (SSSR count). The molecule has 2 atom stereocenters. The molecule has 1 aliphatic heterocycles. The Bertz CT molecular complexity index is 234. The van der Waals surface area contributed by atoms with Gasteiger partial charge in [0.05, 0.1) is 6.10 Å². The molecule has 0 unspecified atom stereocenters. The van der Waals surface area contributed by atoms with Crippen molar-refractivity contribution in [3.8, 4) is 0 Å². The number of rotatable bonds is 3. The van der Waals surface area contributed by atoms with Gasteiger partial charge in [-0.3, -0.25) is 4.79 Å². The summed E-state index contributed by atoms with van der Waals surface area (Å²) in [6.07, 6.45) is 2.42. The van der Waals surface area contributed by atoms with Gasteiger partial charge in [-0.15, -0.1) is 0 Å². The molecule has 1 heterocycles. The second-order valence-electron chi connectivity index (χ2n) is 3.31. The Kier molecular flexibility index (Phi) is 4.10. The second kappa shape index (κ2) is 5.12. The van der Waals surface area contributed by atoms with E-state index in [2.05, 4.69) is 0 Å². The molecule has 0 amide bonds. The Morgan fingerprint density at radius 3 is 3.00 bits per heavy atom. The van der Waals surface area contributed by atoms with Gasteiger partial charge in [0.15, 0.2) is 6.29 Å². The molecule has 0 bridgehead atoms. The van der Waals surface area contributed by atoms with Crippen LogP contribution in [0.4, 0.5) is 0 Å². The molecule has 0 saturated heterocycles. The fraction of sp³-hybridized carbons (Fsp3) is 0.700. The van der Waals surface area contributed by atoms with E-state index in [1.165, 1.54) is 6.92 Å². The molecule has 0 aromatic carbocycles. The summed E-state index contributed by atoms with van der Waals surface area (Å²) in [7, 11) is 1.59. The summed E-state index contributed by atoms with van der Waals surface area (Å²) < 4.78 is 15.5. The van der Waals surface area contributed by atoms with Gasteiger partial charge >= 0.3 is 5.97 Å². The molecule has 0 fully saturated rings. The van der Waals surface area contributed by atoms with Crippen LogP contribution in [0.5, 0.6) is 0 Å². The Morgan fingerprint density at radius 1 is 1.71 bits per heavy atom. The highest BCUT2D eigenvalue weighted by molar-refractivity contribution is 5.65. The van der Waals surface area contributed by atoms with Crippen molar-refractivity contribution in [2.75, 3.05) is 13.7 Å². The van der Waals surface area contributed by atoms with Crippen LogP contribution in [0.3, 0.4) is 0 Å². The molecule has 0 saturated carbocycles. The summed E-state index contributed by atoms with van der Waals surface area (Å²) in [5, 5.41) is 0. The highest BCUT2D eigenvalue weighted by atomic mass is 16.7. The molecule has 14 heavy (non-hydrogen) atoms. The Hall–Kier alpha value is -0.870. The molecule has 0 spiro atoms. The maximum Gasteiger partial charge on any atom is 0.302 e. The highest BCUT2D eigenvalue weighted by Gasteiger charge is 2.22. The van der Waals surface area contributed by atoms with Crippen LogP contribution in [0.15, 0.2) is 11.6 Å². The van der Waals surface area contributed by atoms with E-state index in [0.29, 0.717) is 6.61 Å². The zero-order valence-electron chi connectivity index (χ0n) is 8.78. The van der Waals surface area contributed by atoms with Gasteiger partial charge in [0.25, 0.3) is 0 Å². The van der Waals surface area contributed by atoms with Gasteiger partial charge in [0, 0.05) is 14.0 Å². The van der Waals surface area contributed by atoms with E-state index in [4.69, 9.17) is 14.2 Å². The molecule has 0 aromatic rings. The number of esters is 1. The average Bonchev–Trinajstić information content (AvgIpc) is 2.16. The first-order valence-corrected chi connectivity index (χ1v) is 4.61. The van der Waals surface area contributed by atoms with Gasteiger partial charge < -0.3 is 14.2 Å². The topological polar surface area (TPSA) is 44.8 Å². The number of hydrogen-bond acceptors (Lipinski definition) is 4. The van der Waals surface area contributed by atoms with E-state index in [1.54, 1.807) is 7.11 Å². The maximum atomic E-state index is 10.6. The number of carbonyl (C=O) groups excluding carboxylic acids is 1. The second-order valence-corrected chi connectivity index (χ2v) is 3.31. The standard InChI is InChI=1S/C10H16O4/c1-7-4-5-9(6-13-8(2)11)14-10(7)12-3/h4,9-10H,5-6H2,1-3H3/t9-,10-/m0/s1. The molecule has 1 aliphatic rings. The minimum atomic E-state index is -0.302. The Morgan fingerprint density at radius 2 is 2.43 bits per heavy atom. The monoisotopic (exact) mass is 200 g/mol. The van der Waals surface area contributed by atoms with E-state index in [0.717, 1.165) is 12.0 Å². The Balaban J connectivity index is 2.40. The van der Waals surface area contributed by atoms with Crippen molar-refractivity contribution < 1.29 is 19.0 Å². The lowest BCUT2D eigenvalue weighted by Gasteiger charge is -2.27. The smallest absolute Gasteiger partial charge is 0.302 e. The van der Waals surface area contributed by atoms with Crippen molar-refractivity contribution in [3.05, 3.63) is 11.6 Å². The first-order chi connectivity index (χ1) is 6.63. The van der Waals surface area contributed by atoms with E-state index < -0.39 is 0 Å². The fourth-order valence-corrected chi connectivity index (χ4v) is 1.31. The van der Waals surface area contributed by atoms with Gasteiger partial charge in [-0.2, -0.15) is 0 Å². The van der Waals surface area contributed by atoms with Gasteiger partial charge in [-0.05, 0) is 18.9 Å². The van der Waals surface area contributed by atoms with Crippen molar-refractivity contribution in [1.29, 1.82) is 0 Å². The molecule has 0 N–H and O–H groups in total. The highest BCUT2D eigenvalue weighted by Crippen LogP contribution is 2.19. The van der Waals surface area contributed by atoms with E-state index >= 15 is 0 Å². The van der Waals surface area contributed by atoms with Crippen LogP contribution in [0.2, 0.25) is 0 Å². The fourth-order valence-electron chi connectivity index (χ4n) is 1.31. The maximum absolute atomic E-state index is 10.6. The third-order valence-corrected chi connectivity index (χ3v) is 2.08. The van der Waals surface area contributed by atoms with Gasteiger partial charge in [-0.1, -0.05) is 6.08 Å². The number of methoxy groups -OCH3 is 1. The van der Waals surface area contributed by atoms with Crippen molar-refractivity contribution in [1.82, 2.24) is 0 Å². The third kappa shape index (κ3) is 3.12. The number of hydrogen-bond donors (Lipinski definition) is 0. The lowest BCUT2D eigenvalue weighted by molar-refractivity contribution is -0.166. The van der Waals surface area contributed by atoms with Crippen LogP contribution in [-0.4, -0.2) is 32.1 Å². The minimum Gasteiger partial charge on any atom is -0.463 e. The van der Waals surface area contributed by atoms with Crippen LogP contribution < -0.4 is 0 Å². The SMILES string of the molecule is CO[C@H]1O[C@H](COC(C)=O)CC=C1C. The first-order valence-electron chi connectivity index (χ1n) is 4.61. The predicted molar refractivity (Wildman–Crippen MR) is 50.7 cm³/mol. The molecule has 0 aliphatic carbocycles. The van der Waals surface area contributed by atoms with Crippen LogP contribution in [-0.2, 0) is 19.0 Å². The molecule has 80 valence electrons. The number of carbonyl (C=O) groups is 1. The third-order valence-electron chi connectivity index (χ3n) is 2.08. The zero-order valence-corrected chi connectivity index (χ0v) is 8.78. The summed E-state index contributed by atoms with van der Waals surface area (Å²) in [5.41, 5.74) is 1.06. The van der Waals surface area contributed by atoms with Crippen molar-refractivity contribution in [2.24, 2.45) is 0 Å². The molecular formula is C10H16O4. The molecule has 4 heteroatoms. The van der Waals surface area contributed by atoms with E-state index in [1.807, 2.05) is 13.0 Å². The van der Waals surface area contributed by atoms with Crippen LogP contribution >= 0.6 is 0 Å². The predicted octanol–water partition coefficient (Wildman–Crippen LogP) is 1.26. The Labute approximate surface area is 83.8 Å². The number of ether oxygens (including phenoxy) is 3. The normalized spacial score (nSPS) is 26.9. The van der Waals surface area contributed by atoms with Gasteiger partial charge in [-0.25, -0.2) is 0 Å². The van der Waals surface area contributed by atoms with Crippen LogP contribution in [0.25, 0.3) is 0 Å². The first kappa shape index (κ1) is 11.2. The zero-order chi connectivity index (χ0) is 10.6. The summed E-state index contributed by atoms with van der Waals surface area (Å²) in [5.74, 6) is -0.283. The van der Waals surface area contributed by atoms with Crippen LogP contribution in [0.1, 0.15) is 20.3 Å². The van der Waals surface area contributed by atoms with Gasteiger partial charge in [0.1, 0.15) is 6.61 Å². The lowest BCUT2D eigenvalue weighted by atomic mass is 10.1. The summed E-state index contributed by atoms with van der Waals surface area (Å²) in [6.45, 7) is 3.63. The summed E-state index contributed by atoms with van der Waals surface area (Å²) in [6, 6.07) is 0. The van der Waals surface area contributed by atoms with E-state index in [9.17, 15) is 4.79 Å². The lowest BCUT2D eigenvalue weighted by Crippen LogP contribution is -2.32. The summed E-state index contributed by atoms with van der Waals surface area (Å²) in [4.78, 5) is 10.6. The molecule has 0 aromatic heterocycles. The molecular weight excluding hydrogens is 184 g/mol. The van der Waals surface area contributed by atoms with Crippen molar-refractivity contribution in [3.63, 3.8) is 0 Å². The van der Waals surface area contributed by atoms with Crippen LogP contribution in [0, 0.1) is 0 Å².